The molecule has 2 atom stereocenters. The van der Waals surface area contributed by atoms with Crippen molar-refractivity contribution in [2.75, 3.05) is 0 Å². The molecule has 2 aromatic rings. The topological polar surface area (TPSA) is 55.1 Å². The highest BCUT2D eigenvalue weighted by Crippen LogP contribution is 2.64. The number of imidazole rings is 1. The molecule has 0 spiro atoms. The van der Waals surface area contributed by atoms with Crippen LogP contribution in [-0.4, -0.2) is 20.6 Å². The van der Waals surface area contributed by atoms with Crippen molar-refractivity contribution in [3.63, 3.8) is 0 Å². The summed E-state index contributed by atoms with van der Waals surface area (Å²) in [6, 6.07) is 4.60. The van der Waals surface area contributed by atoms with Crippen LogP contribution in [0.1, 0.15) is 45.5 Å². The van der Waals surface area contributed by atoms with Gasteiger partial charge in [-0.1, -0.05) is 13.8 Å². The maximum Gasteiger partial charge on any atom is 0.307 e. The van der Waals surface area contributed by atoms with Crippen molar-refractivity contribution in [2.24, 2.45) is 11.3 Å². The monoisotopic (exact) mass is 290 g/mol. The van der Waals surface area contributed by atoms with Gasteiger partial charge in [-0.15, -0.1) is 0 Å². The molecule has 21 heavy (non-hydrogen) atoms. The number of carboxylic acid groups (broad SMARTS) is 1. The summed E-state index contributed by atoms with van der Waals surface area (Å²) in [6.45, 7) is 7.89. The lowest BCUT2D eigenvalue weighted by molar-refractivity contribution is -0.139. The van der Waals surface area contributed by atoms with Crippen molar-refractivity contribution >= 4 is 17.0 Å². The van der Waals surface area contributed by atoms with E-state index in [-0.39, 0.29) is 23.2 Å². The third-order valence-corrected chi connectivity index (χ3v) is 4.57. The van der Waals surface area contributed by atoms with Gasteiger partial charge in [0.25, 0.3) is 0 Å². The van der Waals surface area contributed by atoms with Crippen molar-refractivity contribution in [3.05, 3.63) is 29.8 Å². The minimum absolute atomic E-state index is 0.0950. The fourth-order valence-electron chi connectivity index (χ4n) is 3.43. The van der Waals surface area contributed by atoms with E-state index in [0.717, 1.165) is 11.3 Å². The van der Waals surface area contributed by atoms with Gasteiger partial charge in [0, 0.05) is 12.0 Å². The average molecular weight is 290 g/mol. The number of halogens is 1. The van der Waals surface area contributed by atoms with Gasteiger partial charge in [0.15, 0.2) is 0 Å². The Kier molecular flexibility index (Phi) is 2.87. The van der Waals surface area contributed by atoms with Crippen LogP contribution in [0, 0.1) is 17.2 Å². The minimum atomic E-state index is -0.793. The van der Waals surface area contributed by atoms with E-state index in [9.17, 15) is 14.3 Å². The first kappa shape index (κ1) is 14.0. The molecule has 0 bridgehead atoms. The predicted octanol–water partition coefficient (Wildman–Crippen LogP) is 3.58. The van der Waals surface area contributed by atoms with Gasteiger partial charge in [0.2, 0.25) is 0 Å². The largest absolute Gasteiger partial charge is 0.481 e. The van der Waals surface area contributed by atoms with E-state index in [0.29, 0.717) is 5.52 Å². The third kappa shape index (κ3) is 1.94. The maximum atomic E-state index is 13.5. The molecule has 3 rings (SSSR count). The number of hydrogen-bond donors (Lipinski definition) is 1. The fourth-order valence-corrected chi connectivity index (χ4v) is 3.43. The summed E-state index contributed by atoms with van der Waals surface area (Å²) in [7, 11) is 0. The SMILES string of the molecule is CC(C)n1c(C2C(C(=O)O)C2(C)C)nc2ccc(F)cc21. The predicted molar refractivity (Wildman–Crippen MR) is 77.7 cm³/mol. The molecular formula is C16H19FN2O2. The second kappa shape index (κ2) is 4.29. The Labute approximate surface area is 122 Å². The first-order chi connectivity index (χ1) is 9.75. The average Bonchev–Trinajstić information content (AvgIpc) is 2.76. The molecule has 1 aliphatic rings. The van der Waals surface area contributed by atoms with Crippen molar-refractivity contribution in [3.8, 4) is 0 Å². The summed E-state index contributed by atoms with van der Waals surface area (Å²) in [4.78, 5) is 16.0. The Morgan fingerprint density at radius 2 is 2.10 bits per heavy atom. The number of hydrogen-bond acceptors (Lipinski definition) is 2. The van der Waals surface area contributed by atoms with Crippen LogP contribution in [0.2, 0.25) is 0 Å². The molecule has 2 unspecified atom stereocenters. The quantitative estimate of drug-likeness (QED) is 0.940. The van der Waals surface area contributed by atoms with Crippen LogP contribution in [0.3, 0.4) is 0 Å². The van der Waals surface area contributed by atoms with E-state index < -0.39 is 11.9 Å². The molecule has 0 aliphatic heterocycles. The fraction of sp³-hybridized carbons (Fsp3) is 0.500. The van der Waals surface area contributed by atoms with E-state index in [2.05, 4.69) is 4.98 Å². The Morgan fingerprint density at radius 1 is 1.43 bits per heavy atom. The van der Waals surface area contributed by atoms with Gasteiger partial charge in [0.1, 0.15) is 11.6 Å². The third-order valence-electron chi connectivity index (χ3n) is 4.57. The van der Waals surface area contributed by atoms with Gasteiger partial charge in [0.05, 0.1) is 17.0 Å². The van der Waals surface area contributed by atoms with E-state index in [1.54, 1.807) is 6.07 Å². The standard InChI is InChI=1S/C16H19FN2O2/c1-8(2)19-11-7-9(17)5-6-10(11)18-14(19)12-13(15(20)21)16(12,3)4/h5-8,12-13H,1-4H3,(H,20,21). The molecule has 5 heteroatoms. The second-order valence-corrected chi connectivity index (χ2v) is 6.68. The Hall–Kier alpha value is -1.91. The van der Waals surface area contributed by atoms with Gasteiger partial charge in [-0.3, -0.25) is 4.79 Å². The van der Waals surface area contributed by atoms with Crippen LogP contribution >= 0.6 is 0 Å². The molecule has 0 saturated heterocycles. The summed E-state index contributed by atoms with van der Waals surface area (Å²) in [5, 5.41) is 9.37. The van der Waals surface area contributed by atoms with Crippen molar-refractivity contribution in [2.45, 2.75) is 39.7 Å². The normalized spacial score (nSPS) is 23.7. The van der Waals surface area contributed by atoms with Crippen LogP contribution in [0.15, 0.2) is 18.2 Å². The molecule has 1 aromatic carbocycles. The number of carboxylic acids is 1. The van der Waals surface area contributed by atoms with Gasteiger partial charge < -0.3 is 9.67 Å². The van der Waals surface area contributed by atoms with Crippen LogP contribution in [0.5, 0.6) is 0 Å². The van der Waals surface area contributed by atoms with Gasteiger partial charge in [-0.2, -0.15) is 0 Å². The molecule has 4 nitrogen and oxygen atoms in total. The Morgan fingerprint density at radius 3 is 2.62 bits per heavy atom. The lowest BCUT2D eigenvalue weighted by Gasteiger charge is -2.13. The summed E-state index contributed by atoms with van der Waals surface area (Å²) >= 11 is 0. The van der Waals surface area contributed by atoms with Gasteiger partial charge in [-0.25, -0.2) is 9.37 Å². The van der Waals surface area contributed by atoms with E-state index >= 15 is 0 Å². The van der Waals surface area contributed by atoms with Crippen LogP contribution in [0.25, 0.3) is 11.0 Å². The number of fused-ring (bicyclic) bond motifs is 1. The van der Waals surface area contributed by atoms with E-state index in [1.165, 1.54) is 12.1 Å². The molecule has 1 aromatic heterocycles. The molecule has 1 heterocycles. The number of aromatic nitrogens is 2. The van der Waals surface area contributed by atoms with Crippen molar-refractivity contribution < 1.29 is 14.3 Å². The van der Waals surface area contributed by atoms with E-state index in [4.69, 9.17) is 0 Å². The first-order valence-electron chi connectivity index (χ1n) is 7.15. The summed E-state index contributed by atoms with van der Waals surface area (Å²) < 4.78 is 15.5. The van der Waals surface area contributed by atoms with E-state index in [1.807, 2.05) is 32.3 Å². The number of carbonyl (C=O) groups is 1. The summed E-state index contributed by atoms with van der Waals surface area (Å²) in [5.41, 5.74) is 1.12. The molecule has 112 valence electrons. The van der Waals surface area contributed by atoms with Gasteiger partial charge in [-0.05, 0) is 37.5 Å². The zero-order valence-electron chi connectivity index (χ0n) is 12.6. The Bertz CT molecular complexity index is 733. The second-order valence-electron chi connectivity index (χ2n) is 6.68. The van der Waals surface area contributed by atoms with Crippen LogP contribution in [-0.2, 0) is 4.79 Å². The molecule has 0 radical (unpaired) electrons. The molecule has 1 N–H and O–H groups in total. The highest BCUT2D eigenvalue weighted by molar-refractivity contribution is 5.80. The number of nitrogens with zero attached hydrogens (tertiary/aromatic N) is 2. The first-order valence-corrected chi connectivity index (χ1v) is 7.15. The summed E-state index contributed by atoms with van der Waals surface area (Å²) in [6.07, 6.45) is 0. The zero-order valence-corrected chi connectivity index (χ0v) is 12.6. The number of aliphatic carboxylic acids is 1. The maximum absolute atomic E-state index is 13.5. The Balaban J connectivity index is 2.20. The lowest BCUT2D eigenvalue weighted by atomic mass is 10.1. The minimum Gasteiger partial charge on any atom is -0.481 e. The number of rotatable bonds is 3. The lowest BCUT2D eigenvalue weighted by Crippen LogP contribution is -2.08. The molecule has 0 amide bonds. The molecular weight excluding hydrogens is 271 g/mol. The highest BCUT2D eigenvalue weighted by atomic mass is 19.1. The molecule has 1 saturated carbocycles. The zero-order chi connectivity index (χ0) is 15.5. The highest BCUT2D eigenvalue weighted by Gasteiger charge is 2.64. The molecule has 1 aliphatic carbocycles. The smallest absolute Gasteiger partial charge is 0.307 e. The van der Waals surface area contributed by atoms with Crippen LogP contribution in [0.4, 0.5) is 4.39 Å². The van der Waals surface area contributed by atoms with Crippen molar-refractivity contribution in [1.29, 1.82) is 0 Å². The molecule has 1 fully saturated rings. The number of benzene rings is 1. The van der Waals surface area contributed by atoms with Crippen LogP contribution < -0.4 is 0 Å². The van der Waals surface area contributed by atoms with Gasteiger partial charge >= 0.3 is 5.97 Å². The van der Waals surface area contributed by atoms with Crippen molar-refractivity contribution in [1.82, 2.24) is 9.55 Å². The summed E-state index contributed by atoms with van der Waals surface area (Å²) in [5.74, 6) is -0.910.